The molecule has 5 atom stereocenters. The van der Waals surface area contributed by atoms with Gasteiger partial charge in [0.15, 0.2) is 12.4 Å². The van der Waals surface area contributed by atoms with Crippen LogP contribution in [0.3, 0.4) is 0 Å². The molecule has 9 nitrogen and oxygen atoms in total. The van der Waals surface area contributed by atoms with E-state index in [1.165, 1.54) is 31.4 Å². The van der Waals surface area contributed by atoms with E-state index < -0.39 is 43.4 Å². The molecule has 130 valence electrons. The van der Waals surface area contributed by atoms with Gasteiger partial charge in [0.05, 0.1) is 18.2 Å². The van der Waals surface area contributed by atoms with Crippen LogP contribution in [0.1, 0.15) is 5.56 Å². The van der Waals surface area contributed by atoms with E-state index >= 15 is 0 Å². The second-order valence-corrected chi connectivity index (χ2v) is 5.13. The molecule has 1 saturated heterocycles. The van der Waals surface area contributed by atoms with Crippen LogP contribution in [-0.4, -0.2) is 65.8 Å². The van der Waals surface area contributed by atoms with Crippen molar-refractivity contribution in [3.63, 3.8) is 0 Å². The predicted molar refractivity (Wildman–Crippen MR) is 79.8 cm³/mol. The van der Waals surface area contributed by atoms with Gasteiger partial charge in [0.25, 0.3) is 0 Å². The molecular formula is C15H18N2O7. The number of carbonyl (C=O) groups is 1. The van der Waals surface area contributed by atoms with E-state index in [0.29, 0.717) is 11.3 Å². The van der Waals surface area contributed by atoms with Crippen molar-refractivity contribution in [2.75, 3.05) is 19.0 Å². The highest BCUT2D eigenvalue weighted by atomic mass is 16.7. The Hall–Kier alpha value is -2.22. The zero-order valence-corrected chi connectivity index (χ0v) is 12.8. The summed E-state index contributed by atoms with van der Waals surface area (Å²) in [4.78, 5) is 11.9. The van der Waals surface area contributed by atoms with Crippen molar-refractivity contribution in [3.05, 3.63) is 29.8 Å². The number of aliphatic hydroxyl groups excluding tert-OH is 3. The van der Waals surface area contributed by atoms with E-state index in [1.54, 1.807) is 0 Å². The van der Waals surface area contributed by atoms with Crippen LogP contribution < -0.4 is 5.32 Å². The summed E-state index contributed by atoms with van der Waals surface area (Å²) in [6.45, 7) is -0.543. The molecule has 0 radical (unpaired) electrons. The summed E-state index contributed by atoms with van der Waals surface area (Å²) in [6.07, 6.45) is -7.32. The molecular weight excluding hydrogens is 320 g/mol. The van der Waals surface area contributed by atoms with Gasteiger partial charge in [-0.3, -0.25) is 5.32 Å². The second-order valence-electron chi connectivity index (χ2n) is 5.13. The Kier molecular flexibility index (Phi) is 6.08. The molecule has 0 bridgehead atoms. The van der Waals surface area contributed by atoms with Crippen molar-refractivity contribution < 1.29 is 34.3 Å². The largest absolute Gasteiger partial charge is 0.440 e. The van der Waals surface area contributed by atoms with E-state index in [9.17, 15) is 20.1 Å². The van der Waals surface area contributed by atoms with Crippen molar-refractivity contribution in [2.24, 2.45) is 0 Å². The molecule has 0 spiro atoms. The van der Waals surface area contributed by atoms with Crippen LogP contribution in [0.15, 0.2) is 24.3 Å². The SMILES string of the molecule is CO[C@H]1O[C@H](CO)[C@@H](OC(=O)Nc2ccc(C#N)cc2)[C@H](O)[C@@H]1O. The third kappa shape index (κ3) is 4.00. The van der Waals surface area contributed by atoms with Crippen molar-refractivity contribution in [3.8, 4) is 6.07 Å². The van der Waals surface area contributed by atoms with Crippen molar-refractivity contribution >= 4 is 11.8 Å². The zero-order valence-electron chi connectivity index (χ0n) is 12.8. The molecule has 1 aliphatic rings. The number of anilines is 1. The lowest BCUT2D eigenvalue weighted by Gasteiger charge is -2.40. The van der Waals surface area contributed by atoms with Gasteiger partial charge in [0.1, 0.15) is 18.3 Å². The van der Waals surface area contributed by atoms with Crippen LogP contribution in [-0.2, 0) is 14.2 Å². The van der Waals surface area contributed by atoms with Crippen molar-refractivity contribution in [2.45, 2.75) is 30.7 Å². The van der Waals surface area contributed by atoms with Crippen LogP contribution >= 0.6 is 0 Å². The van der Waals surface area contributed by atoms with Gasteiger partial charge >= 0.3 is 6.09 Å². The standard InChI is InChI=1S/C15H18N2O7/c1-22-14-12(20)11(19)13(10(7-18)23-14)24-15(21)17-9-4-2-8(6-16)3-5-9/h2-5,10-14,18-20H,7H2,1H3,(H,17,21)/t10-,11-,12+,13-,14+/m1/s1. The van der Waals surface area contributed by atoms with Gasteiger partial charge in [0.2, 0.25) is 0 Å². The van der Waals surface area contributed by atoms with E-state index in [4.69, 9.17) is 19.5 Å². The fourth-order valence-corrected chi connectivity index (χ4v) is 2.29. The summed E-state index contributed by atoms with van der Waals surface area (Å²) in [5.41, 5.74) is 0.806. The number of nitrogens with one attached hydrogen (secondary N) is 1. The summed E-state index contributed by atoms with van der Waals surface area (Å²) in [7, 11) is 1.27. The van der Waals surface area contributed by atoms with Crippen LogP contribution in [0.4, 0.5) is 10.5 Å². The van der Waals surface area contributed by atoms with Crippen LogP contribution in [0.5, 0.6) is 0 Å². The smallest absolute Gasteiger partial charge is 0.412 e. The average molecular weight is 338 g/mol. The van der Waals surface area contributed by atoms with Gasteiger partial charge in [-0.25, -0.2) is 4.79 Å². The molecule has 1 fully saturated rings. The van der Waals surface area contributed by atoms with Gasteiger partial charge in [-0.1, -0.05) is 0 Å². The topological polar surface area (TPSA) is 141 Å². The van der Waals surface area contributed by atoms with Crippen LogP contribution in [0.25, 0.3) is 0 Å². The Labute approximate surface area is 138 Å². The number of aliphatic hydroxyl groups is 3. The number of benzene rings is 1. The maximum atomic E-state index is 11.9. The van der Waals surface area contributed by atoms with Gasteiger partial charge in [-0.05, 0) is 24.3 Å². The summed E-state index contributed by atoms with van der Waals surface area (Å²) in [6, 6.07) is 7.98. The molecule has 0 aliphatic carbocycles. The highest BCUT2D eigenvalue weighted by Crippen LogP contribution is 2.24. The molecule has 0 unspecified atom stereocenters. The molecule has 2 rings (SSSR count). The first-order valence-electron chi connectivity index (χ1n) is 7.13. The van der Waals surface area contributed by atoms with E-state index in [2.05, 4.69) is 5.32 Å². The summed E-state index contributed by atoms with van der Waals surface area (Å²) < 4.78 is 15.2. The zero-order chi connectivity index (χ0) is 17.7. The fraction of sp³-hybridized carbons (Fsp3) is 0.467. The lowest BCUT2D eigenvalue weighted by molar-refractivity contribution is -0.293. The average Bonchev–Trinajstić information content (AvgIpc) is 2.60. The molecule has 1 aliphatic heterocycles. The van der Waals surface area contributed by atoms with Crippen molar-refractivity contribution in [1.82, 2.24) is 0 Å². The molecule has 4 N–H and O–H groups in total. The number of rotatable bonds is 4. The number of methoxy groups -OCH3 is 1. The van der Waals surface area contributed by atoms with Gasteiger partial charge in [0, 0.05) is 12.8 Å². The number of ether oxygens (including phenoxy) is 3. The molecule has 9 heteroatoms. The lowest BCUT2D eigenvalue weighted by Crippen LogP contribution is -2.60. The van der Waals surface area contributed by atoms with Gasteiger partial charge in [-0.15, -0.1) is 0 Å². The number of nitrogens with zero attached hydrogens (tertiary/aromatic N) is 1. The molecule has 0 saturated carbocycles. The Bertz CT molecular complexity index is 599. The number of nitriles is 1. The normalized spacial score (nSPS) is 29.5. The monoisotopic (exact) mass is 338 g/mol. The molecule has 24 heavy (non-hydrogen) atoms. The minimum Gasteiger partial charge on any atom is -0.440 e. The second kappa shape index (κ2) is 8.05. The van der Waals surface area contributed by atoms with E-state index in [1.807, 2.05) is 6.07 Å². The highest BCUT2D eigenvalue weighted by molar-refractivity contribution is 5.84. The third-order valence-electron chi connectivity index (χ3n) is 3.56. The number of carbonyl (C=O) groups excluding carboxylic acids is 1. The van der Waals surface area contributed by atoms with Crippen molar-refractivity contribution in [1.29, 1.82) is 5.26 Å². The van der Waals surface area contributed by atoms with Crippen LogP contribution in [0.2, 0.25) is 0 Å². The first-order chi connectivity index (χ1) is 11.5. The third-order valence-corrected chi connectivity index (χ3v) is 3.56. The Morgan fingerprint density at radius 1 is 1.33 bits per heavy atom. The molecule has 1 amide bonds. The quantitative estimate of drug-likeness (QED) is 0.579. The first-order valence-corrected chi connectivity index (χ1v) is 7.13. The first kappa shape index (κ1) is 18.1. The summed E-state index contributed by atoms with van der Waals surface area (Å²) >= 11 is 0. The van der Waals surface area contributed by atoms with E-state index in [-0.39, 0.29) is 0 Å². The Morgan fingerprint density at radius 3 is 2.54 bits per heavy atom. The Balaban J connectivity index is 2.01. The predicted octanol–water partition coefficient (Wildman–Crippen LogP) is -0.439. The van der Waals surface area contributed by atoms with Crippen LogP contribution in [0, 0.1) is 11.3 Å². The summed E-state index contributed by atoms with van der Waals surface area (Å²) in [5, 5.41) is 40.4. The number of amides is 1. The number of hydrogen-bond donors (Lipinski definition) is 4. The minimum atomic E-state index is -1.49. The minimum absolute atomic E-state index is 0.376. The molecule has 1 aromatic rings. The highest BCUT2D eigenvalue weighted by Gasteiger charge is 2.46. The lowest BCUT2D eigenvalue weighted by atomic mass is 9.99. The summed E-state index contributed by atoms with van der Waals surface area (Å²) in [5.74, 6) is 0. The number of hydrogen-bond acceptors (Lipinski definition) is 8. The maximum Gasteiger partial charge on any atom is 0.412 e. The maximum absolute atomic E-state index is 11.9. The van der Waals surface area contributed by atoms with Gasteiger partial charge in [-0.2, -0.15) is 5.26 Å². The Morgan fingerprint density at radius 2 is 2.00 bits per heavy atom. The van der Waals surface area contributed by atoms with E-state index in [0.717, 1.165) is 0 Å². The fourth-order valence-electron chi connectivity index (χ4n) is 2.29. The molecule has 0 aromatic heterocycles. The van der Waals surface area contributed by atoms with Gasteiger partial charge < -0.3 is 29.5 Å². The molecule has 1 aromatic carbocycles. The molecule has 1 heterocycles.